The molecule has 0 saturated carbocycles. The lowest BCUT2D eigenvalue weighted by molar-refractivity contribution is 0.102. The van der Waals surface area contributed by atoms with E-state index < -0.39 is 5.91 Å². The largest absolute Gasteiger partial charge is 0.496 e. The van der Waals surface area contributed by atoms with Crippen LogP contribution in [0, 0.1) is 0 Å². The van der Waals surface area contributed by atoms with E-state index in [1.54, 1.807) is 18.2 Å². The number of carbonyl (C=O) groups excluding carboxylic acids is 1. The first-order valence-corrected chi connectivity index (χ1v) is 5.99. The second-order valence-corrected chi connectivity index (χ2v) is 4.33. The third-order valence-corrected chi connectivity index (χ3v) is 2.70. The summed E-state index contributed by atoms with van der Waals surface area (Å²) in [4.78, 5) is 19.8. The normalized spacial score (nSPS) is 10.1. The molecule has 0 aliphatic rings. The Bertz CT molecular complexity index is 620. The molecule has 0 radical (unpaired) electrons. The van der Waals surface area contributed by atoms with E-state index in [-0.39, 0.29) is 11.1 Å². The van der Waals surface area contributed by atoms with Crippen LogP contribution in [0.15, 0.2) is 30.5 Å². The fourth-order valence-corrected chi connectivity index (χ4v) is 1.72. The highest BCUT2D eigenvalue weighted by Gasteiger charge is 2.14. The summed E-state index contributed by atoms with van der Waals surface area (Å²) < 4.78 is 5.10. The van der Waals surface area contributed by atoms with Crippen LogP contribution in [0.3, 0.4) is 0 Å². The van der Waals surface area contributed by atoms with E-state index in [1.807, 2.05) is 0 Å². The van der Waals surface area contributed by atoms with Crippen LogP contribution in [-0.4, -0.2) is 23.0 Å². The first kappa shape index (κ1) is 13.6. The average molecular weight is 298 g/mol. The van der Waals surface area contributed by atoms with Gasteiger partial charge in [0.15, 0.2) is 0 Å². The van der Waals surface area contributed by atoms with Crippen LogP contribution in [0.2, 0.25) is 10.2 Å². The van der Waals surface area contributed by atoms with E-state index in [9.17, 15) is 4.79 Å². The SMILES string of the molecule is COc1cc(Cl)ccc1C(=O)Nc1nccc(Cl)n1. The van der Waals surface area contributed by atoms with Crippen LogP contribution in [0.5, 0.6) is 5.75 Å². The van der Waals surface area contributed by atoms with Crippen molar-refractivity contribution in [1.82, 2.24) is 9.97 Å². The number of nitrogens with zero attached hydrogens (tertiary/aromatic N) is 2. The smallest absolute Gasteiger partial charge is 0.261 e. The fraction of sp³-hybridized carbons (Fsp3) is 0.0833. The molecule has 0 fully saturated rings. The van der Waals surface area contributed by atoms with Gasteiger partial charge in [0.2, 0.25) is 5.95 Å². The summed E-state index contributed by atoms with van der Waals surface area (Å²) in [5.41, 5.74) is 0.329. The molecule has 1 amide bonds. The second-order valence-electron chi connectivity index (χ2n) is 3.50. The predicted octanol–water partition coefficient (Wildman–Crippen LogP) is 3.04. The minimum atomic E-state index is -0.407. The van der Waals surface area contributed by atoms with Gasteiger partial charge in [-0.25, -0.2) is 9.97 Å². The third kappa shape index (κ3) is 3.33. The Morgan fingerprint density at radius 2 is 2.11 bits per heavy atom. The van der Waals surface area contributed by atoms with Gasteiger partial charge in [-0.2, -0.15) is 0 Å². The topological polar surface area (TPSA) is 64.1 Å². The molecule has 0 aliphatic carbocycles. The van der Waals surface area contributed by atoms with Gasteiger partial charge in [0.25, 0.3) is 5.91 Å². The number of rotatable bonds is 3. The summed E-state index contributed by atoms with van der Waals surface area (Å²) in [5, 5.41) is 3.25. The Morgan fingerprint density at radius 1 is 1.32 bits per heavy atom. The van der Waals surface area contributed by atoms with Crippen molar-refractivity contribution in [2.75, 3.05) is 12.4 Å². The number of hydrogen-bond donors (Lipinski definition) is 1. The van der Waals surface area contributed by atoms with Crippen LogP contribution in [0.1, 0.15) is 10.4 Å². The number of aromatic nitrogens is 2. The number of halogens is 2. The highest BCUT2D eigenvalue weighted by Crippen LogP contribution is 2.23. The molecule has 7 heteroatoms. The number of nitrogens with one attached hydrogen (secondary N) is 1. The van der Waals surface area contributed by atoms with E-state index in [4.69, 9.17) is 27.9 Å². The number of methoxy groups -OCH3 is 1. The van der Waals surface area contributed by atoms with Crippen LogP contribution in [-0.2, 0) is 0 Å². The van der Waals surface area contributed by atoms with E-state index in [1.165, 1.54) is 19.4 Å². The first-order chi connectivity index (χ1) is 9.10. The lowest BCUT2D eigenvalue weighted by Crippen LogP contribution is -2.15. The Morgan fingerprint density at radius 3 is 2.79 bits per heavy atom. The summed E-state index contributed by atoms with van der Waals surface area (Å²) >= 11 is 11.5. The zero-order valence-electron chi connectivity index (χ0n) is 9.85. The predicted molar refractivity (Wildman–Crippen MR) is 73.0 cm³/mol. The highest BCUT2D eigenvalue weighted by molar-refractivity contribution is 6.31. The molecule has 2 rings (SSSR count). The molecule has 1 N–H and O–H groups in total. The maximum Gasteiger partial charge on any atom is 0.261 e. The maximum absolute atomic E-state index is 12.1. The number of ether oxygens (including phenoxy) is 1. The minimum absolute atomic E-state index is 0.120. The summed E-state index contributed by atoms with van der Waals surface area (Å²) in [6.07, 6.45) is 1.45. The molecule has 98 valence electrons. The summed E-state index contributed by atoms with van der Waals surface area (Å²) in [6, 6.07) is 6.22. The molecule has 19 heavy (non-hydrogen) atoms. The zero-order valence-corrected chi connectivity index (χ0v) is 11.4. The molecular weight excluding hydrogens is 289 g/mol. The van der Waals surface area contributed by atoms with Crippen LogP contribution in [0.25, 0.3) is 0 Å². The van der Waals surface area contributed by atoms with Gasteiger partial charge in [0.1, 0.15) is 10.9 Å². The Balaban J connectivity index is 2.25. The lowest BCUT2D eigenvalue weighted by atomic mass is 10.2. The van der Waals surface area contributed by atoms with Crippen molar-refractivity contribution < 1.29 is 9.53 Å². The fourth-order valence-electron chi connectivity index (χ4n) is 1.42. The van der Waals surface area contributed by atoms with Crippen molar-refractivity contribution in [3.05, 3.63) is 46.2 Å². The van der Waals surface area contributed by atoms with Crippen molar-refractivity contribution >= 4 is 35.1 Å². The Labute approximate surface area is 119 Å². The number of amides is 1. The highest BCUT2D eigenvalue weighted by atomic mass is 35.5. The van der Waals surface area contributed by atoms with Crippen molar-refractivity contribution in [2.24, 2.45) is 0 Å². The number of hydrogen-bond acceptors (Lipinski definition) is 4. The third-order valence-electron chi connectivity index (χ3n) is 2.26. The van der Waals surface area contributed by atoms with Gasteiger partial charge >= 0.3 is 0 Å². The van der Waals surface area contributed by atoms with E-state index in [0.717, 1.165) is 0 Å². The van der Waals surface area contributed by atoms with Crippen molar-refractivity contribution in [3.8, 4) is 5.75 Å². The molecule has 2 aromatic rings. The first-order valence-electron chi connectivity index (χ1n) is 5.23. The van der Waals surface area contributed by atoms with Gasteiger partial charge < -0.3 is 4.74 Å². The van der Waals surface area contributed by atoms with Crippen molar-refractivity contribution in [1.29, 1.82) is 0 Å². The van der Waals surface area contributed by atoms with Gasteiger partial charge in [0.05, 0.1) is 12.7 Å². The van der Waals surface area contributed by atoms with Crippen molar-refractivity contribution in [3.63, 3.8) is 0 Å². The standard InChI is InChI=1S/C12H9Cl2N3O2/c1-19-9-6-7(13)2-3-8(9)11(18)17-12-15-5-4-10(14)16-12/h2-6H,1H3,(H,15,16,17,18). The van der Waals surface area contributed by atoms with Gasteiger partial charge in [-0.05, 0) is 24.3 Å². The van der Waals surface area contributed by atoms with E-state index >= 15 is 0 Å². The molecule has 0 atom stereocenters. The minimum Gasteiger partial charge on any atom is -0.496 e. The molecular formula is C12H9Cl2N3O2. The second kappa shape index (κ2) is 5.86. The van der Waals surface area contributed by atoms with Gasteiger partial charge in [-0.3, -0.25) is 10.1 Å². The maximum atomic E-state index is 12.1. The van der Waals surface area contributed by atoms with Crippen molar-refractivity contribution in [2.45, 2.75) is 0 Å². The summed E-state index contributed by atoms with van der Waals surface area (Å²) in [5.74, 6) is 0.0808. The summed E-state index contributed by atoms with van der Waals surface area (Å²) in [6.45, 7) is 0. The molecule has 1 aromatic carbocycles. The van der Waals surface area contributed by atoms with Gasteiger partial charge in [-0.15, -0.1) is 0 Å². The lowest BCUT2D eigenvalue weighted by Gasteiger charge is -2.08. The Hall–Kier alpha value is -1.85. The zero-order chi connectivity index (χ0) is 13.8. The quantitative estimate of drug-likeness (QED) is 0.885. The summed E-state index contributed by atoms with van der Waals surface area (Å²) in [7, 11) is 1.46. The number of carbonyl (C=O) groups is 1. The number of anilines is 1. The van der Waals surface area contributed by atoms with Gasteiger partial charge in [0, 0.05) is 11.2 Å². The molecule has 5 nitrogen and oxygen atoms in total. The Kier molecular flexibility index (Phi) is 4.19. The van der Waals surface area contributed by atoms with E-state index in [0.29, 0.717) is 16.3 Å². The molecule has 0 saturated heterocycles. The molecule has 0 unspecified atom stereocenters. The van der Waals surface area contributed by atoms with Crippen LogP contribution < -0.4 is 10.1 Å². The van der Waals surface area contributed by atoms with Crippen LogP contribution in [0.4, 0.5) is 5.95 Å². The number of benzene rings is 1. The van der Waals surface area contributed by atoms with Crippen LogP contribution >= 0.6 is 23.2 Å². The average Bonchev–Trinajstić information content (AvgIpc) is 2.38. The monoisotopic (exact) mass is 297 g/mol. The molecule has 0 spiro atoms. The molecule has 0 bridgehead atoms. The van der Waals surface area contributed by atoms with E-state index in [2.05, 4.69) is 15.3 Å². The van der Waals surface area contributed by atoms with Gasteiger partial charge in [-0.1, -0.05) is 23.2 Å². The molecule has 1 heterocycles. The molecule has 1 aromatic heterocycles. The molecule has 0 aliphatic heterocycles.